The molecule has 1 saturated heterocycles. The predicted octanol–water partition coefficient (Wildman–Crippen LogP) is 3.68. The van der Waals surface area contributed by atoms with Gasteiger partial charge in [-0.05, 0) is 50.1 Å². The first-order valence-corrected chi connectivity index (χ1v) is 11.5. The van der Waals surface area contributed by atoms with E-state index in [9.17, 15) is 14.7 Å². The Kier molecular flexibility index (Phi) is 6.15. The van der Waals surface area contributed by atoms with E-state index in [1.165, 1.54) is 4.90 Å². The molecule has 3 aromatic heterocycles. The topological polar surface area (TPSA) is 153 Å². The fourth-order valence-electron chi connectivity index (χ4n) is 4.21. The van der Waals surface area contributed by atoms with Crippen LogP contribution in [0.1, 0.15) is 18.4 Å². The van der Waals surface area contributed by atoms with Gasteiger partial charge >= 0.3 is 11.8 Å². The molecule has 4 N–H and O–H groups in total. The average Bonchev–Trinajstić information content (AvgIpc) is 3.25. The summed E-state index contributed by atoms with van der Waals surface area (Å²) in [6, 6.07) is 9.03. The summed E-state index contributed by atoms with van der Waals surface area (Å²) < 4.78 is 5.05. The molecule has 0 aliphatic carbocycles. The number of nitrogens with zero attached hydrogens (tertiary/aromatic N) is 5. The van der Waals surface area contributed by atoms with E-state index < -0.39 is 11.8 Å². The number of aromatic amines is 1. The molecule has 1 amide bonds. The van der Waals surface area contributed by atoms with E-state index in [0.29, 0.717) is 29.4 Å². The normalized spacial score (nSPS) is 15.6. The van der Waals surface area contributed by atoms with Gasteiger partial charge in [-0.2, -0.15) is 4.98 Å². The number of amides is 1. The van der Waals surface area contributed by atoms with Crippen molar-refractivity contribution in [3.05, 3.63) is 58.8 Å². The number of rotatable bonds is 6. The van der Waals surface area contributed by atoms with Crippen molar-refractivity contribution in [3.63, 3.8) is 0 Å². The van der Waals surface area contributed by atoms with Crippen LogP contribution >= 0.6 is 0 Å². The monoisotopic (exact) mass is 490 g/mol. The Balaban J connectivity index is 1.27. The quantitative estimate of drug-likeness (QED) is 0.315. The van der Waals surface area contributed by atoms with Crippen LogP contribution in [-0.4, -0.2) is 62.2 Å². The molecule has 0 saturated carbocycles. The van der Waals surface area contributed by atoms with Crippen molar-refractivity contribution >= 4 is 46.2 Å². The van der Waals surface area contributed by atoms with Gasteiger partial charge in [0.2, 0.25) is 5.95 Å². The standard InChI is InChI=1S/C24H26N8O4/c1-14-11-26-22(30-21(14)27-15-5-7-19-18(10-15)29-23(33)36-19)28-16-6-8-20(25-12-16)32-9-3-4-17(13-32)31(2)24(34)35/h5-8,10-12,17H,3-4,9,13H2,1-2H3,(H,29,33)(H,34,35)(H2,26,27,28,30)/t17-/m1/s1. The van der Waals surface area contributed by atoms with Crippen molar-refractivity contribution in [2.75, 3.05) is 35.7 Å². The highest BCUT2D eigenvalue weighted by atomic mass is 16.4. The highest BCUT2D eigenvalue weighted by molar-refractivity contribution is 5.78. The molecular weight excluding hydrogens is 464 g/mol. The van der Waals surface area contributed by atoms with Crippen LogP contribution in [0.4, 0.5) is 33.8 Å². The van der Waals surface area contributed by atoms with E-state index >= 15 is 0 Å². The van der Waals surface area contributed by atoms with Crippen LogP contribution in [0, 0.1) is 6.92 Å². The Morgan fingerprint density at radius 2 is 2.03 bits per heavy atom. The summed E-state index contributed by atoms with van der Waals surface area (Å²) in [4.78, 5) is 42.3. The van der Waals surface area contributed by atoms with E-state index in [1.54, 1.807) is 37.6 Å². The number of nitrogens with one attached hydrogen (secondary N) is 3. The number of anilines is 5. The molecule has 4 heterocycles. The van der Waals surface area contributed by atoms with Crippen molar-refractivity contribution < 1.29 is 14.3 Å². The number of carbonyl (C=O) groups is 1. The summed E-state index contributed by atoms with van der Waals surface area (Å²) in [6.07, 6.45) is 4.25. The van der Waals surface area contributed by atoms with Gasteiger partial charge in [0.05, 0.1) is 23.4 Å². The van der Waals surface area contributed by atoms with E-state index in [4.69, 9.17) is 4.42 Å². The molecule has 1 atom stereocenters. The Bertz CT molecular complexity index is 1450. The summed E-state index contributed by atoms with van der Waals surface area (Å²) in [5, 5.41) is 15.7. The Morgan fingerprint density at radius 3 is 2.81 bits per heavy atom. The molecule has 0 bridgehead atoms. The average molecular weight is 491 g/mol. The minimum absolute atomic E-state index is 0.0581. The third-order valence-electron chi connectivity index (χ3n) is 6.23. The number of hydrogen-bond donors (Lipinski definition) is 4. The van der Waals surface area contributed by atoms with E-state index in [-0.39, 0.29) is 6.04 Å². The Labute approximate surface area is 206 Å². The van der Waals surface area contributed by atoms with Crippen LogP contribution in [0.2, 0.25) is 0 Å². The summed E-state index contributed by atoms with van der Waals surface area (Å²) in [7, 11) is 1.61. The highest BCUT2D eigenvalue weighted by Gasteiger charge is 2.26. The summed E-state index contributed by atoms with van der Waals surface area (Å²) in [5.41, 5.74) is 3.39. The predicted molar refractivity (Wildman–Crippen MR) is 135 cm³/mol. The van der Waals surface area contributed by atoms with Crippen molar-refractivity contribution in [2.24, 2.45) is 0 Å². The third kappa shape index (κ3) is 4.92. The van der Waals surface area contributed by atoms with Crippen LogP contribution in [0.3, 0.4) is 0 Å². The van der Waals surface area contributed by atoms with Crippen molar-refractivity contribution in [1.82, 2.24) is 24.8 Å². The molecule has 0 unspecified atom stereocenters. The fraction of sp³-hybridized carbons (Fsp3) is 0.292. The molecule has 1 aliphatic rings. The van der Waals surface area contributed by atoms with Gasteiger partial charge in [0.1, 0.15) is 11.6 Å². The van der Waals surface area contributed by atoms with Gasteiger partial charge in [-0.1, -0.05) is 0 Å². The molecule has 1 aliphatic heterocycles. The van der Waals surface area contributed by atoms with Gasteiger partial charge < -0.3 is 30.0 Å². The van der Waals surface area contributed by atoms with Crippen LogP contribution in [0.15, 0.2) is 51.9 Å². The molecule has 1 aromatic carbocycles. The lowest BCUT2D eigenvalue weighted by Gasteiger charge is -2.37. The lowest BCUT2D eigenvalue weighted by molar-refractivity contribution is 0.133. The zero-order chi connectivity index (χ0) is 25.2. The number of hydrogen-bond acceptors (Lipinski definition) is 9. The van der Waals surface area contributed by atoms with Crippen molar-refractivity contribution in [2.45, 2.75) is 25.8 Å². The minimum atomic E-state index is -0.918. The zero-order valence-electron chi connectivity index (χ0n) is 19.9. The number of H-pyrrole nitrogens is 1. The van der Waals surface area contributed by atoms with Crippen molar-refractivity contribution in [3.8, 4) is 0 Å². The van der Waals surface area contributed by atoms with Crippen LogP contribution in [0.25, 0.3) is 11.1 Å². The number of fused-ring (bicyclic) bond motifs is 1. The number of aromatic nitrogens is 4. The Hall–Kier alpha value is -4.61. The van der Waals surface area contributed by atoms with Gasteiger partial charge in [0.25, 0.3) is 0 Å². The Morgan fingerprint density at radius 1 is 1.19 bits per heavy atom. The molecule has 4 aromatic rings. The first-order chi connectivity index (χ1) is 17.4. The number of aryl methyl sites for hydroxylation is 1. The second-order valence-electron chi connectivity index (χ2n) is 8.74. The summed E-state index contributed by atoms with van der Waals surface area (Å²) in [6.45, 7) is 3.34. The first kappa shape index (κ1) is 23.1. The van der Waals surface area contributed by atoms with Gasteiger partial charge in [0.15, 0.2) is 5.58 Å². The number of pyridine rings is 1. The molecule has 0 spiro atoms. The molecule has 36 heavy (non-hydrogen) atoms. The molecule has 12 heteroatoms. The molecule has 1 fully saturated rings. The highest BCUT2D eigenvalue weighted by Crippen LogP contribution is 2.25. The molecule has 0 radical (unpaired) electrons. The fourth-order valence-corrected chi connectivity index (χ4v) is 4.21. The van der Waals surface area contributed by atoms with Gasteiger partial charge in [-0.15, -0.1) is 0 Å². The zero-order valence-corrected chi connectivity index (χ0v) is 19.9. The second-order valence-corrected chi connectivity index (χ2v) is 8.74. The van der Waals surface area contributed by atoms with E-state index in [0.717, 1.165) is 42.1 Å². The summed E-state index contributed by atoms with van der Waals surface area (Å²) in [5.74, 6) is 1.31. The molecule has 186 valence electrons. The first-order valence-electron chi connectivity index (χ1n) is 11.5. The lowest BCUT2D eigenvalue weighted by atomic mass is 10.0. The van der Waals surface area contributed by atoms with Crippen molar-refractivity contribution in [1.29, 1.82) is 0 Å². The smallest absolute Gasteiger partial charge is 0.417 e. The van der Waals surface area contributed by atoms with Gasteiger partial charge in [-0.3, -0.25) is 4.98 Å². The molecular formula is C24H26N8O4. The number of likely N-dealkylation sites (N-methyl/N-ethyl adjacent to an activating group) is 1. The van der Waals surface area contributed by atoms with Gasteiger partial charge in [0, 0.05) is 37.6 Å². The minimum Gasteiger partial charge on any atom is -0.465 e. The number of oxazole rings is 1. The molecule has 12 nitrogen and oxygen atoms in total. The largest absolute Gasteiger partial charge is 0.465 e. The number of piperidine rings is 1. The lowest BCUT2D eigenvalue weighted by Crippen LogP contribution is -2.48. The SMILES string of the molecule is Cc1cnc(Nc2ccc(N3CCC[C@@H](N(C)C(=O)O)C3)nc2)nc1Nc1ccc2oc(=O)[nH]c2c1. The maximum absolute atomic E-state index is 11.4. The van der Waals surface area contributed by atoms with Crippen LogP contribution in [0.5, 0.6) is 0 Å². The van der Waals surface area contributed by atoms with E-state index in [2.05, 4.69) is 35.5 Å². The number of benzene rings is 1. The third-order valence-corrected chi connectivity index (χ3v) is 6.23. The van der Waals surface area contributed by atoms with Crippen LogP contribution < -0.4 is 21.3 Å². The molecule has 5 rings (SSSR count). The van der Waals surface area contributed by atoms with E-state index in [1.807, 2.05) is 19.1 Å². The van der Waals surface area contributed by atoms with Crippen LogP contribution in [-0.2, 0) is 0 Å². The maximum atomic E-state index is 11.4. The number of carboxylic acid groups (broad SMARTS) is 1. The second kappa shape index (κ2) is 9.56. The summed E-state index contributed by atoms with van der Waals surface area (Å²) >= 11 is 0. The van der Waals surface area contributed by atoms with Gasteiger partial charge in [-0.25, -0.2) is 19.6 Å². The maximum Gasteiger partial charge on any atom is 0.417 e.